The zero-order valence-corrected chi connectivity index (χ0v) is 13.0. The first-order valence-electron chi connectivity index (χ1n) is 5.76. The summed E-state index contributed by atoms with van der Waals surface area (Å²) in [4.78, 5) is 14.2. The van der Waals surface area contributed by atoms with Gasteiger partial charge in [-0.25, -0.2) is 4.39 Å². The van der Waals surface area contributed by atoms with Gasteiger partial charge in [-0.2, -0.15) is 0 Å². The Bertz CT molecular complexity index is 604. The average molecular weight is 342 g/mol. The Morgan fingerprint density at radius 2 is 2.11 bits per heavy atom. The van der Waals surface area contributed by atoms with Gasteiger partial charge in [0, 0.05) is 14.2 Å². The predicted molar refractivity (Wildman–Crippen MR) is 79.1 cm³/mol. The number of nitrogens with one attached hydrogen (secondary N) is 1. The van der Waals surface area contributed by atoms with Crippen molar-refractivity contribution in [3.8, 4) is 0 Å². The van der Waals surface area contributed by atoms with Crippen molar-refractivity contribution >= 4 is 33.2 Å². The maximum Gasteiger partial charge on any atom is 0.254 e. The van der Waals surface area contributed by atoms with E-state index in [2.05, 4.69) is 21.2 Å². The summed E-state index contributed by atoms with van der Waals surface area (Å²) in [6.07, 6.45) is 0. The van der Waals surface area contributed by atoms with Gasteiger partial charge in [0.25, 0.3) is 5.91 Å². The van der Waals surface area contributed by atoms with Crippen LogP contribution in [0.25, 0.3) is 0 Å². The summed E-state index contributed by atoms with van der Waals surface area (Å²) in [7, 11) is 0. The van der Waals surface area contributed by atoms with Crippen LogP contribution in [-0.2, 0) is 6.54 Å². The minimum Gasteiger partial charge on any atom is -0.347 e. The number of amides is 1. The molecule has 0 bridgehead atoms. The van der Waals surface area contributed by atoms with Crippen LogP contribution in [-0.4, -0.2) is 5.91 Å². The molecule has 0 atom stereocenters. The molecule has 0 saturated carbocycles. The van der Waals surface area contributed by atoms with E-state index in [0.717, 1.165) is 4.88 Å². The lowest BCUT2D eigenvalue weighted by molar-refractivity contribution is 0.0947. The average Bonchev–Trinajstić information content (AvgIpc) is 2.69. The van der Waals surface area contributed by atoms with E-state index in [-0.39, 0.29) is 5.56 Å². The van der Waals surface area contributed by atoms with Crippen LogP contribution in [0.5, 0.6) is 0 Å². The van der Waals surface area contributed by atoms with Crippen LogP contribution in [0, 0.1) is 19.7 Å². The molecule has 0 aliphatic carbocycles. The minimum atomic E-state index is -0.515. The highest BCUT2D eigenvalue weighted by Gasteiger charge is 2.12. The lowest BCUT2D eigenvalue weighted by atomic mass is 10.2. The van der Waals surface area contributed by atoms with Gasteiger partial charge < -0.3 is 5.32 Å². The second-order valence-corrected chi connectivity index (χ2v) is 6.52. The van der Waals surface area contributed by atoms with Crippen LogP contribution in [0.15, 0.2) is 28.7 Å². The number of halogens is 2. The molecule has 2 aromatic rings. The maximum absolute atomic E-state index is 13.5. The van der Waals surface area contributed by atoms with Gasteiger partial charge in [-0.15, -0.1) is 11.3 Å². The van der Waals surface area contributed by atoms with E-state index in [1.54, 1.807) is 17.4 Å². The summed E-state index contributed by atoms with van der Waals surface area (Å²) in [6, 6.07) is 6.36. The Morgan fingerprint density at radius 3 is 2.74 bits per heavy atom. The fraction of sp³-hybridized carbons (Fsp3) is 0.214. The summed E-state index contributed by atoms with van der Waals surface area (Å²) in [6.45, 7) is 4.49. The second-order valence-electron chi connectivity index (χ2n) is 4.26. The van der Waals surface area contributed by atoms with Gasteiger partial charge in [0.1, 0.15) is 5.82 Å². The molecule has 2 rings (SSSR count). The second kappa shape index (κ2) is 5.84. The fourth-order valence-corrected chi connectivity index (χ4v) is 3.03. The van der Waals surface area contributed by atoms with Gasteiger partial charge in [-0.05, 0) is 43.7 Å². The maximum atomic E-state index is 13.5. The third-order valence-electron chi connectivity index (χ3n) is 2.81. The lowest BCUT2D eigenvalue weighted by Crippen LogP contribution is -2.23. The van der Waals surface area contributed by atoms with Gasteiger partial charge in [0.05, 0.1) is 12.1 Å². The molecule has 0 fully saturated rings. The number of thiophene rings is 1. The lowest BCUT2D eigenvalue weighted by Gasteiger charge is -2.05. The van der Waals surface area contributed by atoms with Crippen molar-refractivity contribution in [2.24, 2.45) is 0 Å². The Hall–Kier alpha value is -1.20. The third kappa shape index (κ3) is 3.42. The van der Waals surface area contributed by atoms with Crippen LogP contribution >= 0.6 is 27.3 Å². The topological polar surface area (TPSA) is 29.1 Å². The molecule has 1 heterocycles. The number of benzene rings is 1. The first kappa shape index (κ1) is 14.2. The van der Waals surface area contributed by atoms with Crippen LogP contribution in [0.3, 0.4) is 0 Å². The monoisotopic (exact) mass is 341 g/mol. The summed E-state index contributed by atoms with van der Waals surface area (Å²) in [5.41, 5.74) is 1.27. The SMILES string of the molecule is Cc1cc(CNC(=O)c2cc(Br)ccc2F)sc1C. The number of carbonyl (C=O) groups excluding carboxylic acids is 1. The number of carbonyl (C=O) groups is 1. The van der Waals surface area contributed by atoms with E-state index >= 15 is 0 Å². The highest BCUT2D eigenvalue weighted by molar-refractivity contribution is 9.10. The summed E-state index contributed by atoms with van der Waals surface area (Å²) < 4.78 is 14.2. The first-order chi connectivity index (χ1) is 8.97. The van der Waals surface area contributed by atoms with E-state index in [9.17, 15) is 9.18 Å². The van der Waals surface area contributed by atoms with Crippen molar-refractivity contribution < 1.29 is 9.18 Å². The van der Waals surface area contributed by atoms with Crippen LogP contribution in [0.2, 0.25) is 0 Å². The fourth-order valence-electron chi connectivity index (χ4n) is 1.67. The smallest absolute Gasteiger partial charge is 0.254 e. The van der Waals surface area contributed by atoms with Gasteiger partial charge >= 0.3 is 0 Å². The van der Waals surface area contributed by atoms with E-state index < -0.39 is 11.7 Å². The number of aryl methyl sites for hydroxylation is 2. The normalized spacial score (nSPS) is 10.5. The third-order valence-corrected chi connectivity index (χ3v) is 4.46. The molecule has 5 heteroatoms. The van der Waals surface area contributed by atoms with E-state index in [1.165, 1.54) is 22.6 Å². The Balaban J connectivity index is 2.07. The molecule has 0 aliphatic rings. The highest BCUT2D eigenvalue weighted by Crippen LogP contribution is 2.21. The van der Waals surface area contributed by atoms with Crippen LogP contribution in [0.1, 0.15) is 25.7 Å². The molecule has 1 aromatic heterocycles. The van der Waals surface area contributed by atoms with Crippen LogP contribution in [0.4, 0.5) is 4.39 Å². The molecule has 1 N–H and O–H groups in total. The predicted octanol–water partition coefficient (Wildman–Crippen LogP) is 4.20. The van der Waals surface area contributed by atoms with Crippen molar-refractivity contribution in [3.63, 3.8) is 0 Å². The standard InChI is InChI=1S/C14H13BrFNOS/c1-8-5-11(19-9(8)2)7-17-14(18)12-6-10(15)3-4-13(12)16/h3-6H,7H2,1-2H3,(H,17,18). The van der Waals surface area contributed by atoms with Crippen molar-refractivity contribution in [1.82, 2.24) is 5.32 Å². The van der Waals surface area contributed by atoms with Gasteiger partial charge in [0.15, 0.2) is 0 Å². The highest BCUT2D eigenvalue weighted by atomic mass is 79.9. The van der Waals surface area contributed by atoms with E-state index in [1.807, 2.05) is 19.9 Å². The Morgan fingerprint density at radius 1 is 1.37 bits per heavy atom. The van der Waals surface area contributed by atoms with Crippen molar-refractivity contribution in [3.05, 3.63) is 55.4 Å². The zero-order chi connectivity index (χ0) is 14.0. The Kier molecular flexibility index (Phi) is 4.37. The number of hydrogen-bond donors (Lipinski definition) is 1. The molecule has 1 aromatic carbocycles. The number of rotatable bonds is 3. The van der Waals surface area contributed by atoms with Crippen molar-refractivity contribution in [2.75, 3.05) is 0 Å². The van der Waals surface area contributed by atoms with Gasteiger partial charge in [-0.3, -0.25) is 4.79 Å². The van der Waals surface area contributed by atoms with Gasteiger partial charge in [0.2, 0.25) is 0 Å². The zero-order valence-electron chi connectivity index (χ0n) is 10.6. The molecular formula is C14H13BrFNOS. The molecule has 0 aliphatic heterocycles. The summed E-state index contributed by atoms with van der Waals surface area (Å²) >= 11 is 4.87. The first-order valence-corrected chi connectivity index (χ1v) is 7.37. The molecule has 0 saturated heterocycles. The number of hydrogen-bond acceptors (Lipinski definition) is 2. The summed E-state index contributed by atoms with van der Waals surface area (Å²) in [5.74, 6) is -0.915. The van der Waals surface area contributed by atoms with E-state index in [4.69, 9.17) is 0 Å². The molecule has 1 amide bonds. The largest absolute Gasteiger partial charge is 0.347 e. The molecule has 2 nitrogen and oxygen atoms in total. The Labute approximate surface area is 123 Å². The van der Waals surface area contributed by atoms with Crippen molar-refractivity contribution in [1.29, 1.82) is 0 Å². The molecule has 0 radical (unpaired) electrons. The van der Waals surface area contributed by atoms with Gasteiger partial charge in [-0.1, -0.05) is 15.9 Å². The minimum absolute atomic E-state index is 0.0550. The molecule has 0 spiro atoms. The molecule has 100 valence electrons. The molecular weight excluding hydrogens is 329 g/mol. The quantitative estimate of drug-likeness (QED) is 0.890. The summed E-state index contributed by atoms with van der Waals surface area (Å²) in [5, 5.41) is 2.73. The van der Waals surface area contributed by atoms with E-state index in [0.29, 0.717) is 11.0 Å². The van der Waals surface area contributed by atoms with Crippen molar-refractivity contribution in [2.45, 2.75) is 20.4 Å². The van der Waals surface area contributed by atoms with Crippen LogP contribution < -0.4 is 5.32 Å². The molecule has 19 heavy (non-hydrogen) atoms. The molecule has 0 unspecified atom stereocenters.